The Morgan fingerprint density at radius 1 is 1.56 bits per heavy atom. The number of carbonyl (C=O) groups excluding carboxylic acids is 1. The van der Waals surface area contributed by atoms with Crippen molar-refractivity contribution in [3.63, 3.8) is 0 Å². The number of hydrogen-bond acceptors (Lipinski definition) is 4. The van der Waals surface area contributed by atoms with Crippen LogP contribution in [0.2, 0.25) is 5.35 Å². The van der Waals surface area contributed by atoms with E-state index < -0.39 is 35.4 Å². The molecule has 8 heteroatoms. The Morgan fingerprint density at radius 3 is 2.69 bits per heavy atom. The summed E-state index contributed by atoms with van der Waals surface area (Å²) in [6, 6.07) is 0. The Bertz CT molecular complexity index is 388. The fraction of sp³-hybridized carbons (Fsp3) is 0.500. The van der Waals surface area contributed by atoms with Crippen molar-refractivity contribution in [3.8, 4) is 0 Å². The lowest BCUT2D eigenvalue weighted by molar-refractivity contribution is -0.130. The van der Waals surface area contributed by atoms with Crippen molar-refractivity contribution in [3.05, 3.63) is 16.8 Å². The maximum atomic E-state index is 12.1. The van der Waals surface area contributed by atoms with Crippen LogP contribution in [0.25, 0.3) is 0 Å². The molecule has 16 heavy (non-hydrogen) atoms. The van der Waals surface area contributed by atoms with Crippen molar-refractivity contribution < 1.29 is 27.1 Å². The van der Waals surface area contributed by atoms with Gasteiger partial charge in [-0.25, -0.2) is 4.79 Å². The number of alkyl halides is 3. The van der Waals surface area contributed by atoms with Crippen molar-refractivity contribution in [1.29, 1.82) is 0 Å². The number of nitrogens with zero attached hydrogens (tertiary/aromatic N) is 1. The molecule has 0 aromatic carbocycles. The zero-order valence-corrected chi connectivity index (χ0v) is 8.85. The van der Waals surface area contributed by atoms with Gasteiger partial charge in [-0.05, 0) is 18.5 Å². The summed E-state index contributed by atoms with van der Waals surface area (Å²) < 4.78 is 45.3. The van der Waals surface area contributed by atoms with Gasteiger partial charge in [0.15, 0.2) is 5.69 Å². The molecule has 0 saturated heterocycles. The molecule has 1 aromatic rings. The third-order valence-corrected chi connectivity index (χ3v) is 1.66. The lowest BCUT2D eigenvalue weighted by Gasteiger charge is -2.04. The normalized spacial score (nSPS) is 11.6. The number of oxazole rings is 1. The average Bonchev–Trinajstić information content (AvgIpc) is 2.44. The van der Waals surface area contributed by atoms with Crippen LogP contribution in [-0.4, -0.2) is 23.7 Å². The molecule has 0 amide bonds. The number of aromatic nitrogens is 1. The molecule has 0 unspecified atom stereocenters. The van der Waals surface area contributed by atoms with E-state index in [2.05, 4.69) is 14.1 Å². The SMILES string of the molecule is CCOC(=O)c1nc(Cl)oc1CC(F)(F)F. The van der Waals surface area contributed by atoms with E-state index in [1.165, 1.54) is 6.92 Å². The highest BCUT2D eigenvalue weighted by Crippen LogP contribution is 2.25. The largest absolute Gasteiger partial charge is 0.461 e. The van der Waals surface area contributed by atoms with E-state index in [1.54, 1.807) is 0 Å². The predicted molar refractivity (Wildman–Crippen MR) is 47.2 cm³/mol. The first-order valence-corrected chi connectivity index (χ1v) is 4.60. The molecule has 1 rings (SSSR count). The summed E-state index contributed by atoms with van der Waals surface area (Å²) in [6.07, 6.45) is -5.93. The van der Waals surface area contributed by atoms with Gasteiger partial charge in [0.2, 0.25) is 0 Å². The lowest BCUT2D eigenvalue weighted by atomic mass is 10.2. The first kappa shape index (κ1) is 12.8. The molecule has 1 aromatic heterocycles. The van der Waals surface area contributed by atoms with Crippen molar-refractivity contribution in [2.24, 2.45) is 0 Å². The summed E-state index contributed by atoms with van der Waals surface area (Å²) in [4.78, 5) is 14.5. The van der Waals surface area contributed by atoms with Crippen LogP contribution < -0.4 is 0 Å². The smallest absolute Gasteiger partial charge is 0.396 e. The summed E-state index contributed by atoms with van der Waals surface area (Å²) in [5.74, 6) is -1.63. The predicted octanol–water partition coefficient (Wildman–Crippen LogP) is 2.61. The van der Waals surface area contributed by atoms with Gasteiger partial charge < -0.3 is 9.15 Å². The second kappa shape index (κ2) is 4.73. The van der Waals surface area contributed by atoms with E-state index in [4.69, 9.17) is 11.6 Å². The summed E-state index contributed by atoms with van der Waals surface area (Å²) in [6.45, 7) is 1.54. The second-order valence-electron chi connectivity index (χ2n) is 2.75. The molecule has 0 bridgehead atoms. The van der Waals surface area contributed by atoms with Crippen LogP contribution in [0, 0.1) is 0 Å². The van der Waals surface area contributed by atoms with Gasteiger partial charge >= 0.3 is 12.1 Å². The lowest BCUT2D eigenvalue weighted by Crippen LogP contribution is -2.15. The van der Waals surface area contributed by atoms with E-state index in [-0.39, 0.29) is 6.61 Å². The Morgan fingerprint density at radius 2 is 2.19 bits per heavy atom. The minimum Gasteiger partial charge on any atom is -0.461 e. The van der Waals surface area contributed by atoms with Gasteiger partial charge in [0.25, 0.3) is 5.35 Å². The van der Waals surface area contributed by atoms with Gasteiger partial charge in [0.1, 0.15) is 12.2 Å². The molecule has 0 radical (unpaired) electrons. The van der Waals surface area contributed by atoms with Crippen LogP contribution in [-0.2, 0) is 11.2 Å². The van der Waals surface area contributed by atoms with Crippen LogP contribution >= 0.6 is 11.6 Å². The first-order valence-electron chi connectivity index (χ1n) is 4.22. The zero-order chi connectivity index (χ0) is 12.3. The monoisotopic (exact) mass is 257 g/mol. The number of esters is 1. The van der Waals surface area contributed by atoms with Crippen LogP contribution in [0.1, 0.15) is 23.2 Å². The van der Waals surface area contributed by atoms with Gasteiger partial charge in [-0.1, -0.05) is 0 Å². The molecule has 1 heterocycles. The van der Waals surface area contributed by atoms with Crippen molar-refractivity contribution >= 4 is 17.6 Å². The number of carbonyl (C=O) groups is 1. The van der Waals surface area contributed by atoms with Crippen LogP contribution in [0.5, 0.6) is 0 Å². The highest BCUT2D eigenvalue weighted by molar-refractivity contribution is 6.27. The van der Waals surface area contributed by atoms with E-state index in [0.29, 0.717) is 0 Å². The topological polar surface area (TPSA) is 52.3 Å². The molecule has 0 saturated carbocycles. The second-order valence-corrected chi connectivity index (χ2v) is 3.07. The number of rotatable bonds is 3. The maximum Gasteiger partial charge on any atom is 0.396 e. The first-order chi connectivity index (χ1) is 7.33. The number of ether oxygens (including phenoxy) is 1. The molecular formula is C8H7ClF3NO3. The number of halogens is 4. The Labute approximate surface area is 93.3 Å². The molecule has 4 nitrogen and oxygen atoms in total. The van der Waals surface area contributed by atoms with Crippen molar-refractivity contribution in [1.82, 2.24) is 4.98 Å². The minimum absolute atomic E-state index is 0.0226. The van der Waals surface area contributed by atoms with E-state index in [0.717, 1.165) is 0 Å². The van der Waals surface area contributed by atoms with Crippen molar-refractivity contribution in [2.75, 3.05) is 6.61 Å². The minimum atomic E-state index is -4.51. The number of hydrogen-bond donors (Lipinski definition) is 0. The van der Waals surface area contributed by atoms with E-state index >= 15 is 0 Å². The molecule has 0 fully saturated rings. The molecule has 0 aliphatic rings. The van der Waals surface area contributed by atoms with Gasteiger partial charge in [-0.15, -0.1) is 0 Å². The fourth-order valence-corrected chi connectivity index (χ4v) is 1.16. The Balaban J connectivity index is 2.96. The van der Waals surface area contributed by atoms with Crippen molar-refractivity contribution in [2.45, 2.75) is 19.5 Å². The molecule has 0 aliphatic carbocycles. The Kier molecular flexibility index (Phi) is 3.79. The summed E-state index contributed by atoms with van der Waals surface area (Å²) in [5, 5.41) is -0.526. The summed E-state index contributed by atoms with van der Waals surface area (Å²) in [5.41, 5.74) is -0.538. The van der Waals surface area contributed by atoms with Crippen LogP contribution in [0.3, 0.4) is 0 Å². The van der Waals surface area contributed by atoms with Gasteiger partial charge in [-0.3, -0.25) is 0 Å². The molecule has 0 spiro atoms. The Hall–Kier alpha value is -1.24. The third-order valence-electron chi connectivity index (χ3n) is 1.50. The molecule has 90 valence electrons. The average molecular weight is 258 g/mol. The van der Waals surface area contributed by atoms with Crippen LogP contribution in [0.15, 0.2) is 4.42 Å². The maximum absolute atomic E-state index is 12.1. The standard InChI is InChI=1S/C8H7ClF3NO3/c1-2-15-6(14)5-4(3-8(10,11)12)16-7(9)13-5/h2-3H2,1H3. The van der Waals surface area contributed by atoms with Crippen LogP contribution in [0.4, 0.5) is 13.2 Å². The quantitative estimate of drug-likeness (QED) is 0.781. The molecule has 0 atom stereocenters. The molecule has 0 N–H and O–H groups in total. The van der Waals surface area contributed by atoms with E-state index in [1.807, 2.05) is 0 Å². The third kappa shape index (κ3) is 3.41. The summed E-state index contributed by atoms with van der Waals surface area (Å²) >= 11 is 5.29. The fourth-order valence-electron chi connectivity index (χ4n) is 0.984. The summed E-state index contributed by atoms with van der Waals surface area (Å²) in [7, 11) is 0. The zero-order valence-electron chi connectivity index (χ0n) is 8.10. The highest BCUT2D eigenvalue weighted by atomic mass is 35.5. The highest BCUT2D eigenvalue weighted by Gasteiger charge is 2.34. The molecular weight excluding hydrogens is 251 g/mol. The van der Waals surface area contributed by atoms with E-state index in [9.17, 15) is 18.0 Å². The molecule has 0 aliphatic heterocycles. The van der Waals surface area contributed by atoms with Gasteiger partial charge in [0.05, 0.1) is 6.61 Å². The van der Waals surface area contributed by atoms with Gasteiger partial charge in [0, 0.05) is 0 Å². The van der Waals surface area contributed by atoms with Gasteiger partial charge in [-0.2, -0.15) is 18.2 Å².